The molecule has 1 aliphatic rings. The zero-order chi connectivity index (χ0) is 14.8. The van der Waals surface area contributed by atoms with Gasteiger partial charge < -0.3 is 10.1 Å². The second kappa shape index (κ2) is 5.86. The molecule has 1 saturated carbocycles. The summed E-state index contributed by atoms with van der Waals surface area (Å²) in [5.41, 5.74) is 4.60. The molecule has 1 aromatic carbocycles. The summed E-state index contributed by atoms with van der Waals surface area (Å²) < 4.78 is 5.93. The van der Waals surface area contributed by atoms with E-state index in [4.69, 9.17) is 4.74 Å². The van der Waals surface area contributed by atoms with Gasteiger partial charge in [0.15, 0.2) is 0 Å². The SMILES string of the molecule is Cc1ccc(C)c(Oc2ccc(CNC3CC3)c(C)n2)c1. The van der Waals surface area contributed by atoms with E-state index >= 15 is 0 Å². The number of aryl methyl sites for hydroxylation is 3. The molecule has 3 rings (SSSR count). The van der Waals surface area contributed by atoms with Crippen LogP contribution in [0.15, 0.2) is 30.3 Å². The van der Waals surface area contributed by atoms with Gasteiger partial charge in [-0.15, -0.1) is 0 Å². The van der Waals surface area contributed by atoms with Gasteiger partial charge in [-0.1, -0.05) is 18.2 Å². The van der Waals surface area contributed by atoms with Crippen molar-refractivity contribution in [3.63, 3.8) is 0 Å². The van der Waals surface area contributed by atoms with E-state index in [9.17, 15) is 0 Å². The van der Waals surface area contributed by atoms with Crippen LogP contribution in [0.5, 0.6) is 11.6 Å². The summed E-state index contributed by atoms with van der Waals surface area (Å²) in [6.07, 6.45) is 2.61. The van der Waals surface area contributed by atoms with E-state index in [2.05, 4.69) is 48.4 Å². The lowest BCUT2D eigenvalue weighted by molar-refractivity contribution is 0.457. The fourth-order valence-electron chi connectivity index (χ4n) is 2.28. The van der Waals surface area contributed by atoms with E-state index in [0.29, 0.717) is 5.88 Å². The molecule has 0 atom stereocenters. The molecule has 0 bridgehead atoms. The third-order valence-corrected chi connectivity index (χ3v) is 3.89. The third kappa shape index (κ3) is 3.61. The highest BCUT2D eigenvalue weighted by molar-refractivity contribution is 5.39. The molecule has 0 spiro atoms. The summed E-state index contributed by atoms with van der Waals surface area (Å²) in [5.74, 6) is 1.54. The van der Waals surface area contributed by atoms with Crippen molar-refractivity contribution in [1.29, 1.82) is 0 Å². The Balaban J connectivity index is 1.73. The van der Waals surface area contributed by atoms with Crippen LogP contribution in [-0.4, -0.2) is 11.0 Å². The lowest BCUT2D eigenvalue weighted by atomic mass is 10.1. The number of aromatic nitrogens is 1. The van der Waals surface area contributed by atoms with Gasteiger partial charge in [0.1, 0.15) is 5.75 Å². The van der Waals surface area contributed by atoms with Gasteiger partial charge in [-0.3, -0.25) is 0 Å². The lowest BCUT2D eigenvalue weighted by Gasteiger charge is -2.11. The van der Waals surface area contributed by atoms with E-state index in [1.54, 1.807) is 0 Å². The molecule has 0 unspecified atom stereocenters. The van der Waals surface area contributed by atoms with Crippen molar-refractivity contribution in [2.45, 2.75) is 46.2 Å². The van der Waals surface area contributed by atoms with Gasteiger partial charge in [0.05, 0.1) is 0 Å². The maximum Gasteiger partial charge on any atom is 0.219 e. The van der Waals surface area contributed by atoms with Crippen LogP contribution in [0.3, 0.4) is 0 Å². The zero-order valence-corrected chi connectivity index (χ0v) is 12.9. The first kappa shape index (κ1) is 14.1. The zero-order valence-electron chi connectivity index (χ0n) is 12.9. The summed E-state index contributed by atoms with van der Waals surface area (Å²) in [6.45, 7) is 7.06. The molecule has 1 aliphatic carbocycles. The molecule has 3 heteroatoms. The van der Waals surface area contributed by atoms with Crippen molar-refractivity contribution in [3.05, 3.63) is 52.7 Å². The second-order valence-corrected chi connectivity index (χ2v) is 5.92. The van der Waals surface area contributed by atoms with E-state index in [1.165, 1.54) is 24.0 Å². The first-order chi connectivity index (χ1) is 10.1. The van der Waals surface area contributed by atoms with Gasteiger partial charge >= 0.3 is 0 Å². The Kier molecular flexibility index (Phi) is 3.93. The Hall–Kier alpha value is -1.87. The molecule has 0 radical (unpaired) electrons. The van der Waals surface area contributed by atoms with Crippen LogP contribution in [0.1, 0.15) is 35.2 Å². The summed E-state index contributed by atoms with van der Waals surface area (Å²) in [5, 5.41) is 3.52. The van der Waals surface area contributed by atoms with Crippen LogP contribution in [0.25, 0.3) is 0 Å². The maximum atomic E-state index is 5.93. The normalized spacial score (nSPS) is 14.2. The van der Waals surface area contributed by atoms with Gasteiger partial charge in [-0.2, -0.15) is 0 Å². The van der Waals surface area contributed by atoms with Gasteiger partial charge in [-0.05, 0) is 56.4 Å². The Morgan fingerprint density at radius 2 is 1.95 bits per heavy atom. The van der Waals surface area contributed by atoms with E-state index in [-0.39, 0.29) is 0 Å². The van der Waals surface area contributed by atoms with Crippen LogP contribution in [0, 0.1) is 20.8 Å². The van der Waals surface area contributed by atoms with E-state index < -0.39 is 0 Å². The predicted molar refractivity (Wildman–Crippen MR) is 84.8 cm³/mol. The molecule has 1 N–H and O–H groups in total. The molecule has 1 heterocycles. The number of rotatable bonds is 5. The van der Waals surface area contributed by atoms with Crippen molar-refractivity contribution in [2.75, 3.05) is 0 Å². The van der Waals surface area contributed by atoms with Gasteiger partial charge in [0.2, 0.25) is 5.88 Å². The van der Waals surface area contributed by atoms with Crippen molar-refractivity contribution in [1.82, 2.24) is 10.3 Å². The minimum atomic E-state index is 0.663. The number of ether oxygens (including phenoxy) is 1. The first-order valence-electron chi connectivity index (χ1n) is 7.57. The Morgan fingerprint density at radius 1 is 1.14 bits per heavy atom. The minimum Gasteiger partial charge on any atom is -0.439 e. The fraction of sp³-hybridized carbons (Fsp3) is 0.389. The topological polar surface area (TPSA) is 34.1 Å². The number of hydrogen-bond donors (Lipinski definition) is 1. The summed E-state index contributed by atoms with van der Waals surface area (Å²) in [4.78, 5) is 4.58. The molecular formula is C18H22N2O. The van der Waals surface area contributed by atoms with Crippen LogP contribution in [-0.2, 0) is 6.54 Å². The summed E-state index contributed by atoms with van der Waals surface area (Å²) in [7, 11) is 0. The number of nitrogens with one attached hydrogen (secondary N) is 1. The number of pyridine rings is 1. The van der Waals surface area contributed by atoms with Gasteiger partial charge in [0.25, 0.3) is 0 Å². The molecule has 21 heavy (non-hydrogen) atoms. The average molecular weight is 282 g/mol. The lowest BCUT2D eigenvalue weighted by Crippen LogP contribution is -2.16. The van der Waals surface area contributed by atoms with Crippen LogP contribution < -0.4 is 10.1 Å². The monoisotopic (exact) mass is 282 g/mol. The molecular weight excluding hydrogens is 260 g/mol. The molecule has 2 aromatic rings. The smallest absolute Gasteiger partial charge is 0.219 e. The molecule has 3 nitrogen and oxygen atoms in total. The van der Waals surface area contributed by atoms with E-state index in [1.807, 2.05) is 13.0 Å². The first-order valence-corrected chi connectivity index (χ1v) is 7.57. The van der Waals surface area contributed by atoms with Crippen molar-refractivity contribution >= 4 is 0 Å². The van der Waals surface area contributed by atoms with Gasteiger partial charge in [0, 0.05) is 24.3 Å². The third-order valence-electron chi connectivity index (χ3n) is 3.89. The molecule has 1 aromatic heterocycles. The van der Waals surface area contributed by atoms with E-state index in [0.717, 1.165) is 29.6 Å². The van der Waals surface area contributed by atoms with Crippen LogP contribution in [0.2, 0.25) is 0 Å². The number of benzene rings is 1. The van der Waals surface area contributed by atoms with Crippen molar-refractivity contribution < 1.29 is 4.74 Å². The Labute approximate surface area is 126 Å². The van der Waals surface area contributed by atoms with Crippen LogP contribution >= 0.6 is 0 Å². The molecule has 0 amide bonds. The predicted octanol–water partition coefficient (Wildman–Crippen LogP) is 4.05. The van der Waals surface area contributed by atoms with Gasteiger partial charge in [-0.25, -0.2) is 4.98 Å². The quantitative estimate of drug-likeness (QED) is 0.898. The molecule has 110 valence electrons. The maximum absolute atomic E-state index is 5.93. The Bertz CT molecular complexity index is 648. The molecule has 0 saturated heterocycles. The largest absolute Gasteiger partial charge is 0.439 e. The fourth-order valence-corrected chi connectivity index (χ4v) is 2.28. The Morgan fingerprint density at radius 3 is 2.67 bits per heavy atom. The summed E-state index contributed by atoms with van der Waals surface area (Å²) >= 11 is 0. The number of hydrogen-bond acceptors (Lipinski definition) is 3. The highest BCUT2D eigenvalue weighted by Gasteiger charge is 2.20. The number of nitrogens with zero attached hydrogens (tertiary/aromatic N) is 1. The van der Waals surface area contributed by atoms with Crippen molar-refractivity contribution in [3.8, 4) is 11.6 Å². The highest BCUT2D eigenvalue weighted by atomic mass is 16.5. The van der Waals surface area contributed by atoms with Crippen molar-refractivity contribution in [2.24, 2.45) is 0 Å². The molecule has 0 aliphatic heterocycles. The standard InChI is InChI=1S/C18H22N2O/c1-12-4-5-13(2)17(10-12)21-18-9-6-15(14(3)20-18)11-19-16-7-8-16/h4-6,9-10,16,19H,7-8,11H2,1-3H3. The van der Waals surface area contributed by atoms with Crippen LogP contribution in [0.4, 0.5) is 0 Å². The minimum absolute atomic E-state index is 0.663. The molecule has 1 fully saturated rings. The highest BCUT2D eigenvalue weighted by Crippen LogP contribution is 2.26. The second-order valence-electron chi connectivity index (χ2n) is 5.92. The average Bonchev–Trinajstić information content (AvgIpc) is 3.26. The summed E-state index contributed by atoms with van der Waals surface area (Å²) in [6, 6.07) is 11.0.